The summed E-state index contributed by atoms with van der Waals surface area (Å²) in [6.45, 7) is 3.76. The van der Waals surface area contributed by atoms with Crippen molar-refractivity contribution < 1.29 is 0 Å². The van der Waals surface area contributed by atoms with Crippen molar-refractivity contribution in [3.63, 3.8) is 0 Å². The van der Waals surface area contributed by atoms with E-state index in [4.69, 9.17) is 5.73 Å². The van der Waals surface area contributed by atoms with Gasteiger partial charge in [0.2, 0.25) is 0 Å². The van der Waals surface area contributed by atoms with Crippen LogP contribution in [-0.4, -0.2) is 0 Å². The fraction of sp³-hybridized carbons (Fsp3) is 0. The average Bonchev–Trinajstić information content (AvgIpc) is 1.82. The van der Waals surface area contributed by atoms with Gasteiger partial charge in [-0.05, 0) is 40.5 Å². The van der Waals surface area contributed by atoms with Gasteiger partial charge in [-0.15, -0.1) is 0 Å². The molecule has 1 rings (SSSR count). The van der Waals surface area contributed by atoms with Crippen LogP contribution < -0.4 is 5.73 Å². The van der Waals surface area contributed by atoms with Crippen LogP contribution in [0.15, 0.2) is 21.1 Å². The van der Waals surface area contributed by atoms with E-state index in [-0.39, 0.29) is 0 Å². The van der Waals surface area contributed by atoms with Gasteiger partial charge in [-0.1, -0.05) is 15.9 Å². The summed E-state index contributed by atoms with van der Waals surface area (Å²) in [7, 11) is 0. The first kappa shape index (κ1) is 8.08. The van der Waals surface area contributed by atoms with Gasteiger partial charge in [0.25, 0.3) is 0 Å². The van der Waals surface area contributed by atoms with Crippen LogP contribution in [-0.2, 0) is 0 Å². The molecule has 0 aliphatic heterocycles. The molecule has 53 valence electrons. The lowest BCUT2D eigenvalue weighted by molar-refractivity contribution is 1.53. The van der Waals surface area contributed by atoms with E-state index in [0.717, 1.165) is 14.5 Å². The second-order valence-electron chi connectivity index (χ2n) is 1.96. The van der Waals surface area contributed by atoms with Crippen molar-refractivity contribution in [3.05, 3.63) is 33.6 Å². The normalized spacial score (nSPS) is 9.90. The van der Waals surface area contributed by atoms with Crippen LogP contribution in [0.3, 0.4) is 0 Å². The molecule has 0 atom stereocenters. The first-order valence-corrected chi connectivity index (χ1v) is 4.26. The highest BCUT2D eigenvalue weighted by atomic mass is 79.9. The SMILES string of the molecule is [CH2]c1cc(Br)cc(Br)c1N. The Morgan fingerprint density at radius 2 is 1.90 bits per heavy atom. The van der Waals surface area contributed by atoms with Gasteiger partial charge in [-0.3, -0.25) is 0 Å². The number of nitrogens with two attached hydrogens (primary N) is 1. The summed E-state index contributed by atoms with van der Waals surface area (Å²) in [6.07, 6.45) is 0. The topological polar surface area (TPSA) is 26.0 Å². The third-order valence-electron chi connectivity index (χ3n) is 1.18. The first-order valence-electron chi connectivity index (χ1n) is 2.67. The summed E-state index contributed by atoms with van der Waals surface area (Å²) in [5, 5.41) is 0. The van der Waals surface area contributed by atoms with Gasteiger partial charge in [0, 0.05) is 14.6 Å². The van der Waals surface area contributed by atoms with E-state index in [1.165, 1.54) is 0 Å². The van der Waals surface area contributed by atoms with Crippen molar-refractivity contribution in [1.82, 2.24) is 0 Å². The number of hydrogen-bond donors (Lipinski definition) is 1. The molecule has 0 spiro atoms. The number of rotatable bonds is 0. The third-order valence-corrected chi connectivity index (χ3v) is 2.29. The lowest BCUT2D eigenvalue weighted by Gasteiger charge is -2.02. The Labute approximate surface area is 76.9 Å². The quantitative estimate of drug-likeness (QED) is 0.716. The molecule has 0 unspecified atom stereocenters. The van der Waals surface area contributed by atoms with E-state index in [0.29, 0.717) is 5.69 Å². The molecule has 0 aliphatic carbocycles. The third kappa shape index (κ3) is 1.52. The van der Waals surface area contributed by atoms with Gasteiger partial charge < -0.3 is 5.73 Å². The molecule has 0 saturated heterocycles. The smallest absolute Gasteiger partial charge is 0.0491 e. The highest BCUT2D eigenvalue weighted by molar-refractivity contribution is 9.11. The van der Waals surface area contributed by atoms with Crippen LogP contribution in [0.5, 0.6) is 0 Å². The maximum absolute atomic E-state index is 5.62. The van der Waals surface area contributed by atoms with Crippen LogP contribution >= 0.6 is 31.9 Å². The minimum absolute atomic E-state index is 0.697. The van der Waals surface area contributed by atoms with Gasteiger partial charge in [0.05, 0.1) is 0 Å². The highest BCUT2D eigenvalue weighted by Gasteiger charge is 1.99. The second kappa shape index (κ2) is 2.93. The van der Waals surface area contributed by atoms with E-state index >= 15 is 0 Å². The summed E-state index contributed by atoms with van der Waals surface area (Å²) in [5.74, 6) is 0. The molecule has 1 nitrogen and oxygen atoms in total. The molecular weight excluding hydrogens is 258 g/mol. The lowest BCUT2D eigenvalue weighted by Crippen LogP contribution is -1.90. The van der Waals surface area contributed by atoms with E-state index in [2.05, 4.69) is 38.8 Å². The van der Waals surface area contributed by atoms with Crippen LogP contribution in [0.25, 0.3) is 0 Å². The Hall–Kier alpha value is -0.0200. The van der Waals surface area contributed by atoms with E-state index in [1.54, 1.807) is 0 Å². The second-order valence-corrected chi connectivity index (χ2v) is 3.73. The molecule has 0 fully saturated rings. The molecule has 0 saturated carbocycles. The Morgan fingerprint density at radius 1 is 1.30 bits per heavy atom. The van der Waals surface area contributed by atoms with Gasteiger partial charge in [0.15, 0.2) is 0 Å². The standard InChI is InChI=1S/C7H6Br2N/c1-4-2-5(8)3-6(9)7(4)10/h2-3H,1,10H2. The molecule has 0 bridgehead atoms. The molecule has 1 aromatic carbocycles. The van der Waals surface area contributed by atoms with Gasteiger partial charge in [0.1, 0.15) is 0 Å². The molecule has 10 heavy (non-hydrogen) atoms. The Balaban J connectivity index is 3.31. The number of hydrogen-bond acceptors (Lipinski definition) is 1. The zero-order valence-corrected chi connectivity index (χ0v) is 8.37. The number of nitrogen functional groups attached to an aromatic ring is 1. The van der Waals surface area contributed by atoms with E-state index in [1.807, 2.05) is 12.1 Å². The van der Waals surface area contributed by atoms with Crippen LogP contribution in [0.1, 0.15) is 5.56 Å². The first-order chi connectivity index (χ1) is 4.61. The minimum Gasteiger partial charge on any atom is -0.398 e. The highest BCUT2D eigenvalue weighted by Crippen LogP contribution is 2.27. The number of benzene rings is 1. The maximum atomic E-state index is 5.62. The van der Waals surface area contributed by atoms with Crippen molar-refractivity contribution in [2.24, 2.45) is 0 Å². The Morgan fingerprint density at radius 3 is 2.40 bits per heavy atom. The van der Waals surface area contributed by atoms with Crippen LogP contribution in [0.2, 0.25) is 0 Å². The molecule has 1 aromatic rings. The zero-order valence-electron chi connectivity index (χ0n) is 5.20. The van der Waals surface area contributed by atoms with Gasteiger partial charge in [-0.2, -0.15) is 0 Å². The molecule has 0 amide bonds. The van der Waals surface area contributed by atoms with Gasteiger partial charge in [-0.25, -0.2) is 0 Å². The fourth-order valence-electron chi connectivity index (χ4n) is 0.638. The van der Waals surface area contributed by atoms with Crippen LogP contribution in [0, 0.1) is 6.92 Å². The fourth-order valence-corrected chi connectivity index (χ4v) is 1.95. The van der Waals surface area contributed by atoms with Crippen LogP contribution in [0.4, 0.5) is 5.69 Å². The van der Waals surface area contributed by atoms with Crippen molar-refractivity contribution >= 4 is 37.5 Å². The largest absolute Gasteiger partial charge is 0.398 e. The van der Waals surface area contributed by atoms with E-state index in [9.17, 15) is 0 Å². The maximum Gasteiger partial charge on any atom is 0.0491 e. The Kier molecular flexibility index (Phi) is 2.36. The predicted molar refractivity (Wildman–Crippen MR) is 50.7 cm³/mol. The van der Waals surface area contributed by atoms with Crippen molar-refractivity contribution in [2.75, 3.05) is 5.73 Å². The summed E-state index contributed by atoms with van der Waals surface area (Å²) in [4.78, 5) is 0. The molecule has 3 heteroatoms. The zero-order chi connectivity index (χ0) is 7.72. The van der Waals surface area contributed by atoms with Gasteiger partial charge >= 0.3 is 0 Å². The molecule has 1 radical (unpaired) electrons. The Bertz CT molecular complexity index is 235. The van der Waals surface area contributed by atoms with Crippen molar-refractivity contribution in [2.45, 2.75) is 0 Å². The molecule has 0 aliphatic rings. The predicted octanol–water partition coefficient (Wildman–Crippen LogP) is 2.98. The van der Waals surface area contributed by atoms with Crippen molar-refractivity contribution in [3.8, 4) is 0 Å². The average molecular weight is 264 g/mol. The summed E-state index contributed by atoms with van der Waals surface area (Å²) in [6, 6.07) is 3.77. The monoisotopic (exact) mass is 262 g/mol. The number of anilines is 1. The molecular formula is C7H6Br2N. The molecule has 2 N–H and O–H groups in total. The molecule has 0 heterocycles. The lowest BCUT2D eigenvalue weighted by atomic mass is 10.2. The van der Waals surface area contributed by atoms with Crippen molar-refractivity contribution in [1.29, 1.82) is 0 Å². The summed E-state index contributed by atoms with van der Waals surface area (Å²) in [5.41, 5.74) is 7.15. The summed E-state index contributed by atoms with van der Waals surface area (Å²) < 4.78 is 1.87. The molecule has 0 aromatic heterocycles. The van der Waals surface area contributed by atoms with E-state index < -0.39 is 0 Å². The summed E-state index contributed by atoms with van der Waals surface area (Å²) >= 11 is 6.62. The number of halogens is 2. The minimum atomic E-state index is 0.697.